The van der Waals surface area contributed by atoms with Crippen LogP contribution in [0.2, 0.25) is 0 Å². The van der Waals surface area contributed by atoms with Gasteiger partial charge in [-0.3, -0.25) is 9.89 Å². The maximum absolute atomic E-state index is 15.6. The van der Waals surface area contributed by atoms with E-state index in [4.69, 9.17) is 4.42 Å². The van der Waals surface area contributed by atoms with Crippen LogP contribution in [-0.2, 0) is 36.3 Å². The molecule has 6 rings (SSSR count). The molecule has 3 aromatic heterocycles. The molecule has 0 fully saturated rings. The SMILES string of the molecule is C[C@@](F)(C(=O)N1CCc2[nH]nnc2C1)c1nnc(-c2cnc(NC3Cc4ccccc4C3)nc2)o1. The summed E-state index contributed by atoms with van der Waals surface area (Å²) in [6.45, 7) is 1.62. The minimum atomic E-state index is -2.49. The molecular formula is C23H22FN9O2. The van der Waals surface area contributed by atoms with E-state index in [1.54, 1.807) is 0 Å². The Morgan fingerprint density at radius 2 is 1.91 bits per heavy atom. The lowest BCUT2D eigenvalue weighted by molar-refractivity contribution is -0.146. The summed E-state index contributed by atoms with van der Waals surface area (Å²) in [6.07, 6.45) is 5.40. The first-order valence-corrected chi connectivity index (χ1v) is 11.3. The maximum atomic E-state index is 15.6. The number of amides is 1. The molecule has 0 radical (unpaired) electrons. The van der Waals surface area contributed by atoms with Gasteiger partial charge in [0.1, 0.15) is 5.69 Å². The molecule has 1 aromatic carbocycles. The van der Waals surface area contributed by atoms with E-state index in [2.05, 4.69) is 53.0 Å². The Labute approximate surface area is 199 Å². The third-order valence-electron chi connectivity index (χ3n) is 6.47. The number of halogens is 1. The lowest BCUT2D eigenvalue weighted by Gasteiger charge is -2.29. The topological polar surface area (TPSA) is 139 Å². The van der Waals surface area contributed by atoms with Crippen molar-refractivity contribution in [3.8, 4) is 11.5 Å². The summed E-state index contributed by atoms with van der Waals surface area (Å²) >= 11 is 0. The molecule has 1 aliphatic carbocycles. The second-order valence-corrected chi connectivity index (χ2v) is 8.94. The van der Waals surface area contributed by atoms with Crippen LogP contribution in [0, 0.1) is 0 Å². The number of H-pyrrole nitrogens is 1. The van der Waals surface area contributed by atoms with E-state index in [1.807, 2.05) is 12.1 Å². The van der Waals surface area contributed by atoms with Gasteiger partial charge < -0.3 is 14.6 Å². The molecule has 2 aliphatic rings. The van der Waals surface area contributed by atoms with Crippen molar-refractivity contribution in [2.75, 3.05) is 11.9 Å². The Bertz CT molecular complexity index is 1360. The van der Waals surface area contributed by atoms with Crippen LogP contribution in [0.4, 0.5) is 10.3 Å². The van der Waals surface area contributed by atoms with Crippen molar-refractivity contribution in [2.45, 2.75) is 44.4 Å². The Balaban J connectivity index is 1.13. The smallest absolute Gasteiger partial charge is 0.270 e. The van der Waals surface area contributed by atoms with E-state index < -0.39 is 17.5 Å². The summed E-state index contributed by atoms with van der Waals surface area (Å²) in [5, 5.41) is 21.5. The van der Waals surface area contributed by atoms with Crippen molar-refractivity contribution in [1.29, 1.82) is 0 Å². The van der Waals surface area contributed by atoms with Gasteiger partial charge in [0, 0.05) is 31.4 Å². The lowest BCUT2D eigenvalue weighted by Crippen LogP contribution is -2.45. The van der Waals surface area contributed by atoms with E-state index in [-0.39, 0.29) is 18.5 Å². The molecule has 0 bridgehead atoms. The number of alkyl halides is 1. The van der Waals surface area contributed by atoms with Gasteiger partial charge in [-0.25, -0.2) is 14.4 Å². The number of fused-ring (bicyclic) bond motifs is 2. The lowest BCUT2D eigenvalue weighted by atomic mass is 10.0. The predicted molar refractivity (Wildman–Crippen MR) is 121 cm³/mol. The van der Waals surface area contributed by atoms with Crippen molar-refractivity contribution in [1.82, 2.24) is 40.5 Å². The minimum absolute atomic E-state index is 0.0360. The fraction of sp³-hybridized carbons (Fsp3) is 0.348. The Morgan fingerprint density at radius 3 is 2.66 bits per heavy atom. The van der Waals surface area contributed by atoms with Gasteiger partial charge in [-0.15, -0.1) is 15.3 Å². The van der Waals surface area contributed by atoms with Gasteiger partial charge in [0.15, 0.2) is 0 Å². The first-order valence-electron chi connectivity index (χ1n) is 11.3. The standard InChI is InChI=1S/C23H22FN9O2/c1-23(24,21(34)33-7-6-17-18(12-33)29-32-28-17)20-31-30-19(35-20)15-10-25-22(26-11-15)27-16-8-13-4-2-3-5-14(13)9-16/h2-5,10-11,16H,6-9,12H2,1H3,(H,25,26,27)(H,28,29,32)/t23-/m0/s1. The molecule has 0 saturated carbocycles. The molecule has 1 atom stereocenters. The van der Waals surface area contributed by atoms with E-state index in [0.717, 1.165) is 25.5 Å². The zero-order valence-electron chi connectivity index (χ0n) is 18.9. The molecule has 1 aliphatic heterocycles. The van der Waals surface area contributed by atoms with Crippen LogP contribution in [0.3, 0.4) is 0 Å². The van der Waals surface area contributed by atoms with Gasteiger partial charge in [0.2, 0.25) is 5.95 Å². The van der Waals surface area contributed by atoms with Crippen LogP contribution in [0.5, 0.6) is 0 Å². The fourth-order valence-corrected chi connectivity index (χ4v) is 4.55. The molecule has 12 heteroatoms. The third kappa shape index (κ3) is 3.90. The Hall–Kier alpha value is -4.22. The molecule has 11 nitrogen and oxygen atoms in total. The number of anilines is 1. The van der Waals surface area contributed by atoms with Gasteiger partial charge in [-0.05, 0) is 30.9 Å². The van der Waals surface area contributed by atoms with Crippen LogP contribution in [0.25, 0.3) is 11.5 Å². The molecule has 4 heterocycles. The number of carbonyl (C=O) groups is 1. The van der Waals surface area contributed by atoms with Crippen molar-refractivity contribution in [3.05, 3.63) is 65.1 Å². The highest BCUT2D eigenvalue weighted by Crippen LogP contribution is 2.31. The number of aromatic amines is 1. The zero-order chi connectivity index (χ0) is 24.0. The summed E-state index contributed by atoms with van der Waals surface area (Å²) in [5.41, 5.74) is 2.07. The predicted octanol–water partition coefficient (Wildman–Crippen LogP) is 1.99. The van der Waals surface area contributed by atoms with Crippen molar-refractivity contribution < 1.29 is 13.6 Å². The number of benzene rings is 1. The van der Waals surface area contributed by atoms with Crippen LogP contribution in [0.15, 0.2) is 41.1 Å². The summed E-state index contributed by atoms with van der Waals surface area (Å²) in [7, 11) is 0. The Morgan fingerprint density at radius 1 is 1.17 bits per heavy atom. The van der Waals surface area contributed by atoms with Gasteiger partial charge in [-0.1, -0.05) is 29.5 Å². The number of hydrogen-bond acceptors (Lipinski definition) is 9. The number of nitrogens with one attached hydrogen (secondary N) is 2. The molecule has 0 spiro atoms. The summed E-state index contributed by atoms with van der Waals surface area (Å²) in [4.78, 5) is 23.0. The van der Waals surface area contributed by atoms with Crippen LogP contribution >= 0.6 is 0 Å². The van der Waals surface area contributed by atoms with E-state index in [0.29, 0.717) is 30.2 Å². The van der Waals surface area contributed by atoms with Gasteiger partial charge in [0.05, 0.1) is 17.8 Å². The second kappa shape index (κ2) is 8.22. The molecule has 0 unspecified atom stereocenters. The van der Waals surface area contributed by atoms with Crippen LogP contribution < -0.4 is 5.32 Å². The van der Waals surface area contributed by atoms with E-state index in [1.165, 1.54) is 28.4 Å². The zero-order valence-corrected chi connectivity index (χ0v) is 18.9. The second-order valence-electron chi connectivity index (χ2n) is 8.94. The normalized spacial score (nSPS) is 17.0. The van der Waals surface area contributed by atoms with Gasteiger partial charge >= 0.3 is 0 Å². The highest BCUT2D eigenvalue weighted by atomic mass is 19.1. The molecule has 0 saturated heterocycles. The van der Waals surface area contributed by atoms with Crippen molar-refractivity contribution >= 4 is 11.9 Å². The summed E-state index contributed by atoms with van der Waals surface area (Å²) in [5.74, 6) is -0.674. The quantitative estimate of drug-likeness (QED) is 0.444. The number of nitrogens with zero attached hydrogens (tertiary/aromatic N) is 7. The fourth-order valence-electron chi connectivity index (χ4n) is 4.55. The number of rotatable bonds is 5. The molecule has 35 heavy (non-hydrogen) atoms. The van der Waals surface area contributed by atoms with Gasteiger partial charge in [-0.2, -0.15) is 0 Å². The average Bonchev–Trinajstić information content (AvgIpc) is 3.62. The van der Waals surface area contributed by atoms with E-state index in [9.17, 15) is 4.79 Å². The molecule has 4 aromatic rings. The number of carbonyl (C=O) groups excluding carboxylic acids is 1. The Kier molecular flexibility index (Phi) is 5.01. The summed E-state index contributed by atoms with van der Waals surface area (Å²) < 4.78 is 21.1. The molecular weight excluding hydrogens is 453 g/mol. The highest BCUT2D eigenvalue weighted by molar-refractivity contribution is 5.85. The number of aromatic nitrogens is 7. The minimum Gasteiger partial charge on any atom is -0.416 e. The highest BCUT2D eigenvalue weighted by Gasteiger charge is 2.45. The molecule has 1 amide bonds. The van der Waals surface area contributed by atoms with Gasteiger partial charge in [0.25, 0.3) is 23.4 Å². The number of hydrogen-bond donors (Lipinski definition) is 2. The molecule has 2 N–H and O–H groups in total. The van der Waals surface area contributed by atoms with E-state index >= 15 is 4.39 Å². The third-order valence-corrected chi connectivity index (χ3v) is 6.47. The average molecular weight is 475 g/mol. The maximum Gasteiger partial charge on any atom is 0.270 e. The van der Waals surface area contributed by atoms with Crippen molar-refractivity contribution in [2.24, 2.45) is 0 Å². The first-order chi connectivity index (χ1) is 17.0. The van der Waals surface area contributed by atoms with Crippen LogP contribution in [0.1, 0.15) is 35.3 Å². The largest absolute Gasteiger partial charge is 0.416 e. The monoisotopic (exact) mass is 475 g/mol. The first kappa shape index (κ1) is 21.3. The van der Waals surface area contributed by atoms with Crippen LogP contribution in [-0.4, -0.2) is 59.0 Å². The summed E-state index contributed by atoms with van der Waals surface area (Å²) in [6, 6.07) is 8.57. The van der Waals surface area contributed by atoms with Crippen molar-refractivity contribution in [3.63, 3.8) is 0 Å². The molecule has 178 valence electrons.